The number of hydrogen-bond donors (Lipinski definition) is 1. The highest BCUT2D eigenvalue weighted by molar-refractivity contribution is 5.94. The van der Waals surface area contributed by atoms with Gasteiger partial charge in [0.05, 0.1) is 5.52 Å². The number of rotatable bonds is 3. The van der Waals surface area contributed by atoms with E-state index in [9.17, 15) is 9.59 Å². The third kappa shape index (κ3) is 3.24. The lowest BCUT2D eigenvalue weighted by Crippen LogP contribution is -2.39. The Kier molecular flexibility index (Phi) is 4.72. The molecule has 1 amide bonds. The van der Waals surface area contributed by atoms with Crippen LogP contribution in [0.2, 0.25) is 0 Å². The maximum Gasteiger partial charge on any atom is 0.273 e. The van der Waals surface area contributed by atoms with Crippen LogP contribution >= 0.6 is 0 Å². The SMILES string of the molecule is Cc1cc(=O)nc2c3ccccc3n([C@H](C)C(=O)NC3CCCCCC3)n12. The fraction of sp³-hybridized carbons (Fsp3) is 0.476. The molecule has 2 heterocycles. The minimum absolute atomic E-state index is 0.0163. The molecular weight excluding hydrogens is 340 g/mol. The lowest BCUT2D eigenvalue weighted by molar-refractivity contribution is -0.124. The third-order valence-corrected chi connectivity index (χ3v) is 5.64. The maximum atomic E-state index is 13.1. The first-order chi connectivity index (χ1) is 13.1. The molecule has 1 saturated carbocycles. The first-order valence-corrected chi connectivity index (χ1v) is 9.86. The molecule has 6 nitrogen and oxygen atoms in total. The molecule has 0 bridgehead atoms. The minimum Gasteiger partial charge on any atom is -0.352 e. The number of benzene rings is 1. The van der Waals surface area contributed by atoms with E-state index >= 15 is 0 Å². The van der Waals surface area contributed by atoms with Gasteiger partial charge in [-0.1, -0.05) is 37.8 Å². The molecule has 1 fully saturated rings. The molecule has 1 aromatic carbocycles. The van der Waals surface area contributed by atoms with Crippen molar-refractivity contribution < 1.29 is 4.79 Å². The number of carbonyl (C=O) groups is 1. The Labute approximate surface area is 158 Å². The van der Waals surface area contributed by atoms with Gasteiger partial charge < -0.3 is 5.32 Å². The molecule has 0 radical (unpaired) electrons. The van der Waals surface area contributed by atoms with Gasteiger partial charge in [-0.2, -0.15) is 4.98 Å². The molecule has 1 atom stereocenters. The Bertz CT molecular complexity index is 1040. The Morgan fingerprint density at radius 2 is 1.89 bits per heavy atom. The fourth-order valence-corrected chi connectivity index (χ4v) is 4.25. The molecule has 142 valence electrons. The van der Waals surface area contributed by atoms with Crippen LogP contribution in [0.25, 0.3) is 16.6 Å². The van der Waals surface area contributed by atoms with E-state index in [1.165, 1.54) is 31.7 Å². The summed E-state index contributed by atoms with van der Waals surface area (Å²) in [5, 5.41) is 4.13. The number of nitrogens with zero attached hydrogens (tertiary/aromatic N) is 3. The molecule has 1 aliphatic rings. The number of aromatic nitrogens is 3. The van der Waals surface area contributed by atoms with Gasteiger partial charge in [0.1, 0.15) is 6.04 Å². The zero-order chi connectivity index (χ0) is 19.0. The first-order valence-electron chi connectivity index (χ1n) is 9.86. The Balaban J connectivity index is 1.77. The predicted molar refractivity (Wildman–Crippen MR) is 106 cm³/mol. The van der Waals surface area contributed by atoms with Crippen LogP contribution < -0.4 is 10.9 Å². The van der Waals surface area contributed by atoms with Crippen LogP contribution in [0.15, 0.2) is 35.1 Å². The Morgan fingerprint density at radius 1 is 1.19 bits per heavy atom. The topological polar surface area (TPSA) is 68.4 Å². The van der Waals surface area contributed by atoms with Crippen molar-refractivity contribution in [3.8, 4) is 0 Å². The molecule has 27 heavy (non-hydrogen) atoms. The van der Waals surface area contributed by atoms with E-state index < -0.39 is 6.04 Å². The summed E-state index contributed by atoms with van der Waals surface area (Å²) in [5.74, 6) is 0.0163. The average Bonchev–Trinajstić information content (AvgIpc) is 2.79. The largest absolute Gasteiger partial charge is 0.352 e. The van der Waals surface area contributed by atoms with Crippen LogP contribution in [0.5, 0.6) is 0 Å². The van der Waals surface area contributed by atoms with E-state index in [-0.39, 0.29) is 17.5 Å². The van der Waals surface area contributed by atoms with Crippen LogP contribution in [0.3, 0.4) is 0 Å². The van der Waals surface area contributed by atoms with Crippen LogP contribution in [-0.2, 0) is 4.79 Å². The first kappa shape index (κ1) is 17.8. The molecule has 0 unspecified atom stereocenters. The monoisotopic (exact) mass is 366 g/mol. The average molecular weight is 366 g/mol. The molecule has 0 aliphatic heterocycles. The predicted octanol–water partition coefficient (Wildman–Crippen LogP) is 3.36. The van der Waals surface area contributed by atoms with Gasteiger partial charge in [0.2, 0.25) is 5.91 Å². The van der Waals surface area contributed by atoms with Gasteiger partial charge in [-0.3, -0.25) is 14.3 Å². The third-order valence-electron chi connectivity index (χ3n) is 5.64. The summed E-state index contributed by atoms with van der Waals surface area (Å²) in [6, 6.07) is 9.16. The van der Waals surface area contributed by atoms with Crippen LogP contribution in [0, 0.1) is 6.92 Å². The summed E-state index contributed by atoms with van der Waals surface area (Å²) < 4.78 is 3.85. The second-order valence-corrected chi connectivity index (χ2v) is 7.61. The van der Waals surface area contributed by atoms with Gasteiger partial charge in [-0.05, 0) is 38.8 Å². The fourth-order valence-electron chi connectivity index (χ4n) is 4.25. The van der Waals surface area contributed by atoms with E-state index in [2.05, 4.69) is 10.3 Å². The summed E-state index contributed by atoms with van der Waals surface area (Å²) in [4.78, 5) is 29.2. The highest BCUT2D eigenvalue weighted by Crippen LogP contribution is 2.25. The summed E-state index contributed by atoms with van der Waals surface area (Å²) in [6.07, 6.45) is 6.98. The molecule has 2 aromatic heterocycles. The number of amides is 1. The zero-order valence-electron chi connectivity index (χ0n) is 15.9. The van der Waals surface area contributed by atoms with Crippen molar-refractivity contribution in [1.29, 1.82) is 0 Å². The Hall–Kier alpha value is -2.63. The molecule has 6 heteroatoms. The Morgan fingerprint density at radius 3 is 2.63 bits per heavy atom. The van der Waals surface area contributed by atoms with Gasteiger partial charge in [0, 0.05) is 23.2 Å². The zero-order valence-corrected chi connectivity index (χ0v) is 15.9. The van der Waals surface area contributed by atoms with Crippen molar-refractivity contribution in [2.45, 2.75) is 64.5 Å². The van der Waals surface area contributed by atoms with Gasteiger partial charge in [-0.25, -0.2) is 4.52 Å². The second-order valence-electron chi connectivity index (χ2n) is 7.61. The lowest BCUT2D eigenvalue weighted by Gasteiger charge is -2.22. The second kappa shape index (κ2) is 7.18. The summed E-state index contributed by atoms with van der Waals surface area (Å²) in [5.41, 5.74) is 2.02. The van der Waals surface area contributed by atoms with E-state index in [1.54, 1.807) is 0 Å². The van der Waals surface area contributed by atoms with Gasteiger partial charge in [0.15, 0.2) is 5.65 Å². The number of nitrogens with one attached hydrogen (secondary N) is 1. The van der Waals surface area contributed by atoms with Crippen LogP contribution in [0.1, 0.15) is 57.2 Å². The van der Waals surface area contributed by atoms with Crippen molar-refractivity contribution in [3.05, 3.63) is 46.4 Å². The molecule has 1 N–H and O–H groups in total. The number of aryl methyl sites for hydroxylation is 1. The smallest absolute Gasteiger partial charge is 0.273 e. The molecular formula is C21H26N4O2. The van der Waals surface area contributed by atoms with Crippen LogP contribution in [0.4, 0.5) is 0 Å². The van der Waals surface area contributed by atoms with Gasteiger partial charge in [-0.15, -0.1) is 0 Å². The number of para-hydroxylation sites is 1. The lowest BCUT2D eigenvalue weighted by atomic mass is 10.1. The van der Waals surface area contributed by atoms with Gasteiger partial charge in [0.25, 0.3) is 5.56 Å². The molecule has 0 spiro atoms. The molecule has 1 aliphatic carbocycles. The number of fused-ring (bicyclic) bond motifs is 3. The molecule has 3 aromatic rings. The molecule has 0 saturated heterocycles. The number of carbonyl (C=O) groups excluding carboxylic acids is 1. The van der Waals surface area contributed by atoms with Gasteiger partial charge >= 0.3 is 0 Å². The van der Waals surface area contributed by atoms with Crippen molar-refractivity contribution in [3.63, 3.8) is 0 Å². The van der Waals surface area contributed by atoms with Crippen molar-refractivity contribution >= 4 is 22.5 Å². The van der Waals surface area contributed by atoms with Crippen molar-refractivity contribution in [1.82, 2.24) is 19.5 Å². The minimum atomic E-state index is -0.404. The van der Waals surface area contributed by atoms with Crippen molar-refractivity contribution in [2.75, 3.05) is 0 Å². The highest BCUT2D eigenvalue weighted by Gasteiger charge is 2.24. The van der Waals surface area contributed by atoms with E-state index in [0.29, 0.717) is 5.65 Å². The highest BCUT2D eigenvalue weighted by atomic mass is 16.2. The maximum absolute atomic E-state index is 13.1. The number of hydrogen-bond acceptors (Lipinski definition) is 3. The van der Waals surface area contributed by atoms with Crippen LogP contribution in [-0.4, -0.2) is 26.1 Å². The van der Waals surface area contributed by atoms with Crippen molar-refractivity contribution in [2.24, 2.45) is 0 Å². The van der Waals surface area contributed by atoms with E-state index in [4.69, 9.17) is 0 Å². The quantitative estimate of drug-likeness (QED) is 0.723. The summed E-state index contributed by atoms with van der Waals surface area (Å²) in [6.45, 7) is 3.79. The molecule has 4 rings (SSSR count). The summed E-state index contributed by atoms with van der Waals surface area (Å²) >= 11 is 0. The normalized spacial score (nSPS) is 17.1. The van der Waals surface area contributed by atoms with E-state index in [1.807, 2.05) is 47.3 Å². The van der Waals surface area contributed by atoms with E-state index in [0.717, 1.165) is 29.4 Å². The summed E-state index contributed by atoms with van der Waals surface area (Å²) in [7, 11) is 0. The standard InChI is InChI=1S/C21H26N4O2/c1-14-13-19(26)23-20-17-11-7-8-12-18(17)25(24(14)20)15(2)21(27)22-16-9-5-3-4-6-10-16/h7-8,11-13,15-16H,3-6,9-10H2,1-2H3,(H,22,27)/t15-/m1/s1.